The summed E-state index contributed by atoms with van der Waals surface area (Å²) in [6.45, 7) is 2.56. The van der Waals surface area contributed by atoms with Gasteiger partial charge in [-0.3, -0.25) is 0 Å². The molecule has 2 amide bonds. The van der Waals surface area contributed by atoms with Crippen molar-refractivity contribution < 1.29 is 4.79 Å². The molecule has 1 aliphatic heterocycles. The summed E-state index contributed by atoms with van der Waals surface area (Å²) in [5, 5.41) is 5.64. The Kier molecular flexibility index (Phi) is 5.47. The maximum atomic E-state index is 12.7. The summed E-state index contributed by atoms with van der Waals surface area (Å²) in [6, 6.07) is 25.3. The van der Waals surface area contributed by atoms with E-state index in [1.807, 2.05) is 25.2 Å². The SMILES string of the molecule is CN(Cc1cccc2ccccc12)C(=O)NC1CCN(c2ccccc2)CC1. The fourth-order valence-electron chi connectivity index (χ4n) is 3.96. The predicted octanol–water partition coefficient (Wildman–Crippen LogP) is 4.65. The quantitative estimate of drug-likeness (QED) is 0.722. The van der Waals surface area contributed by atoms with Crippen molar-refractivity contribution in [3.63, 3.8) is 0 Å². The predicted molar refractivity (Wildman–Crippen MR) is 116 cm³/mol. The molecule has 144 valence electrons. The second-order valence-corrected chi connectivity index (χ2v) is 7.54. The molecule has 4 heteroatoms. The minimum atomic E-state index is 0.00564. The Morgan fingerprint density at radius 2 is 1.64 bits per heavy atom. The molecule has 1 aliphatic rings. The molecule has 4 nitrogen and oxygen atoms in total. The lowest BCUT2D eigenvalue weighted by molar-refractivity contribution is 0.200. The van der Waals surface area contributed by atoms with E-state index in [0.29, 0.717) is 6.54 Å². The molecule has 0 spiro atoms. The second-order valence-electron chi connectivity index (χ2n) is 7.54. The smallest absolute Gasteiger partial charge is 0.317 e. The molecule has 1 fully saturated rings. The van der Waals surface area contributed by atoms with E-state index in [-0.39, 0.29) is 12.1 Å². The van der Waals surface area contributed by atoms with Gasteiger partial charge in [0.25, 0.3) is 0 Å². The van der Waals surface area contributed by atoms with Gasteiger partial charge in [-0.25, -0.2) is 4.79 Å². The van der Waals surface area contributed by atoms with Gasteiger partial charge in [-0.2, -0.15) is 0 Å². The van der Waals surface area contributed by atoms with Gasteiger partial charge in [0.2, 0.25) is 0 Å². The van der Waals surface area contributed by atoms with Crippen molar-refractivity contribution in [1.29, 1.82) is 0 Å². The van der Waals surface area contributed by atoms with E-state index in [4.69, 9.17) is 0 Å². The summed E-state index contributed by atoms with van der Waals surface area (Å²) in [6.07, 6.45) is 1.95. The first-order valence-corrected chi connectivity index (χ1v) is 9.99. The topological polar surface area (TPSA) is 35.6 Å². The van der Waals surface area contributed by atoms with Crippen LogP contribution in [0, 0.1) is 0 Å². The van der Waals surface area contributed by atoms with Crippen molar-refractivity contribution in [2.45, 2.75) is 25.4 Å². The molecule has 3 aromatic rings. The van der Waals surface area contributed by atoms with Crippen molar-refractivity contribution in [2.24, 2.45) is 0 Å². The van der Waals surface area contributed by atoms with Gasteiger partial charge in [-0.1, -0.05) is 60.7 Å². The first-order chi connectivity index (χ1) is 13.7. The first kappa shape index (κ1) is 18.4. The highest BCUT2D eigenvalue weighted by atomic mass is 16.2. The zero-order valence-corrected chi connectivity index (χ0v) is 16.3. The number of amides is 2. The first-order valence-electron chi connectivity index (χ1n) is 9.99. The number of nitrogens with zero attached hydrogens (tertiary/aromatic N) is 2. The van der Waals surface area contributed by atoms with E-state index in [2.05, 4.69) is 64.8 Å². The van der Waals surface area contributed by atoms with Crippen molar-refractivity contribution in [1.82, 2.24) is 10.2 Å². The van der Waals surface area contributed by atoms with Crippen LogP contribution in [0.3, 0.4) is 0 Å². The van der Waals surface area contributed by atoms with Crippen LogP contribution in [-0.2, 0) is 6.54 Å². The number of benzene rings is 3. The molecule has 1 saturated heterocycles. The third-order valence-electron chi connectivity index (χ3n) is 5.58. The molecule has 3 aromatic carbocycles. The zero-order valence-electron chi connectivity index (χ0n) is 16.3. The number of carbonyl (C=O) groups excluding carboxylic acids is 1. The number of carbonyl (C=O) groups is 1. The number of anilines is 1. The summed E-state index contributed by atoms with van der Waals surface area (Å²) in [7, 11) is 1.87. The third kappa shape index (κ3) is 4.11. The monoisotopic (exact) mass is 373 g/mol. The largest absolute Gasteiger partial charge is 0.371 e. The average Bonchev–Trinajstić information content (AvgIpc) is 2.75. The number of urea groups is 1. The van der Waals surface area contributed by atoms with Gasteiger partial charge in [0.1, 0.15) is 0 Å². The van der Waals surface area contributed by atoms with E-state index in [9.17, 15) is 4.79 Å². The zero-order chi connectivity index (χ0) is 19.3. The molecule has 0 atom stereocenters. The minimum absolute atomic E-state index is 0.00564. The lowest BCUT2D eigenvalue weighted by Gasteiger charge is -2.34. The molecule has 1 heterocycles. The van der Waals surface area contributed by atoms with E-state index in [1.54, 1.807) is 4.90 Å². The maximum absolute atomic E-state index is 12.7. The number of hydrogen-bond acceptors (Lipinski definition) is 2. The summed E-state index contributed by atoms with van der Waals surface area (Å²) >= 11 is 0. The molecule has 0 saturated carbocycles. The van der Waals surface area contributed by atoms with Gasteiger partial charge in [-0.15, -0.1) is 0 Å². The van der Waals surface area contributed by atoms with Crippen LogP contribution in [0.25, 0.3) is 10.8 Å². The van der Waals surface area contributed by atoms with Crippen LogP contribution >= 0.6 is 0 Å². The Labute approximate surface area is 166 Å². The van der Waals surface area contributed by atoms with E-state index in [0.717, 1.165) is 25.9 Å². The Balaban J connectivity index is 1.33. The van der Waals surface area contributed by atoms with Crippen LogP contribution in [0.5, 0.6) is 0 Å². The van der Waals surface area contributed by atoms with Crippen LogP contribution in [0.2, 0.25) is 0 Å². The molecule has 28 heavy (non-hydrogen) atoms. The molecule has 0 radical (unpaired) electrons. The summed E-state index contributed by atoms with van der Waals surface area (Å²) in [5.41, 5.74) is 2.44. The molecular weight excluding hydrogens is 346 g/mol. The van der Waals surface area contributed by atoms with Crippen LogP contribution < -0.4 is 10.2 Å². The van der Waals surface area contributed by atoms with Crippen LogP contribution in [-0.4, -0.2) is 37.1 Å². The fourth-order valence-corrected chi connectivity index (χ4v) is 3.96. The number of rotatable bonds is 4. The van der Waals surface area contributed by atoms with E-state index < -0.39 is 0 Å². The summed E-state index contributed by atoms with van der Waals surface area (Å²) in [4.78, 5) is 16.9. The summed E-state index contributed by atoms with van der Waals surface area (Å²) < 4.78 is 0. The molecule has 0 aromatic heterocycles. The van der Waals surface area contributed by atoms with Crippen molar-refractivity contribution in [2.75, 3.05) is 25.0 Å². The van der Waals surface area contributed by atoms with Gasteiger partial charge < -0.3 is 15.1 Å². The van der Waals surface area contributed by atoms with Crippen molar-refractivity contribution in [3.05, 3.63) is 78.4 Å². The maximum Gasteiger partial charge on any atom is 0.317 e. The van der Waals surface area contributed by atoms with Gasteiger partial charge in [0.05, 0.1) is 0 Å². The fraction of sp³-hybridized carbons (Fsp3) is 0.292. The number of nitrogens with one attached hydrogen (secondary N) is 1. The Bertz CT molecular complexity index is 927. The van der Waals surface area contributed by atoms with Crippen molar-refractivity contribution in [3.8, 4) is 0 Å². The van der Waals surface area contributed by atoms with Crippen LogP contribution in [0.1, 0.15) is 18.4 Å². The average molecular weight is 374 g/mol. The normalized spacial score (nSPS) is 14.8. The minimum Gasteiger partial charge on any atom is -0.371 e. The number of hydrogen-bond donors (Lipinski definition) is 1. The van der Waals surface area contributed by atoms with E-state index in [1.165, 1.54) is 22.0 Å². The van der Waals surface area contributed by atoms with Gasteiger partial charge in [0, 0.05) is 38.4 Å². The third-order valence-corrected chi connectivity index (χ3v) is 5.58. The Morgan fingerprint density at radius 1 is 0.964 bits per heavy atom. The second kappa shape index (κ2) is 8.34. The van der Waals surface area contributed by atoms with Gasteiger partial charge in [-0.05, 0) is 41.3 Å². The Hall–Kier alpha value is -3.01. The highest BCUT2D eigenvalue weighted by Gasteiger charge is 2.22. The molecular formula is C24H27N3O. The molecule has 0 bridgehead atoms. The lowest BCUT2D eigenvalue weighted by Crippen LogP contribution is -2.48. The van der Waals surface area contributed by atoms with Crippen LogP contribution in [0.15, 0.2) is 72.8 Å². The molecule has 4 rings (SSSR count). The van der Waals surface area contributed by atoms with E-state index >= 15 is 0 Å². The highest BCUT2D eigenvalue weighted by Crippen LogP contribution is 2.21. The van der Waals surface area contributed by atoms with Gasteiger partial charge in [0.15, 0.2) is 0 Å². The number of fused-ring (bicyclic) bond motifs is 1. The lowest BCUT2D eigenvalue weighted by atomic mass is 10.0. The summed E-state index contributed by atoms with van der Waals surface area (Å²) in [5.74, 6) is 0. The van der Waals surface area contributed by atoms with Crippen molar-refractivity contribution >= 4 is 22.5 Å². The standard InChI is InChI=1S/C24H27N3O/c1-26(18-20-10-7-9-19-8-5-6-13-23(19)20)24(28)25-21-14-16-27(17-15-21)22-11-3-2-4-12-22/h2-13,21H,14-18H2,1H3,(H,25,28). The Morgan fingerprint density at radius 3 is 2.43 bits per heavy atom. The molecule has 1 N–H and O–H groups in total. The molecule has 0 aliphatic carbocycles. The highest BCUT2D eigenvalue weighted by molar-refractivity contribution is 5.86. The number of para-hydroxylation sites is 1. The van der Waals surface area contributed by atoms with Gasteiger partial charge >= 0.3 is 6.03 Å². The molecule has 0 unspecified atom stereocenters. The number of piperidine rings is 1. The van der Waals surface area contributed by atoms with Crippen LogP contribution in [0.4, 0.5) is 10.5 Å².